The highest BCUT2D eigenvalue weighted by molar-refractivity contribution is 14.1. The monoisotopic (exact) mass is 359 g/mol. The molecule has 1 amide bonds. The summed E-state index contributed by atoms with van der Waals surface area (Å²) in [6.07, 6.45) is 0.545. The zero-order valence-corrected chi connectivity index (χ0v) is 12.2. The van der Waals surface area contributed by atoms with Crippen LogP contribution in [-0.4, -0.2) is 35.0 Å². The summed E-state index contributed by atoms with van der Waals surface area (Å²) < 4.78 is 0.913. The Labute approximate surface area is 119 Å². The number of hydrogen-bond acceptors (Lipinski definition) is 2. The van der Waals surface area contributed by atoms with E-state index in [2.05, 4.69) is 22.6 Å². The van der Waals surface area contributed by atoms with Crippen molar-refractivity contribution < 1.29 is 14.7 Å². The van der Waals surface area contributed by atoms with E-state index in [1.54, 1.807) is 4.90 Å². The van der Waals surface area contributed by atoms with Crippen molar-refractivity contribution in [3.05, 3.63) is 32.9 Å². The Kier molecular flexibility index (Phi) is 3.89. The summed E-state index contributed by atoms with van der Waals surface area (Å²) in [5, 5.41) is 8.95. The minimum atomic E-state index is -0.815. The summed E-state index contributed by atoms with van der Waals surface area (Å²) >= 11 is 2.14. The molecule has 0 saturated carbocycles. The first-order chi connectivity index (χ1) is 8.50. The van der Waals surface area contributed by atoms with Crippen LogP contribution in [-0.2, 0) is 4.79 Å². The van der Waals surface area contributed by atoms with Gasteiger partial charge in [-0.05, 0) is 47.6 Å². The Morgan fingerprint density at radius 1 is 1.44 bits per heavy atom. The van der Waals surface area contributed by atoms with E-state index in [-0.39, 0.29) is 5.91 Å². The molecular weight excluding hydrogens is 345 g/mol. The summed E-state index contributed by atoms with van der Waals surface area (Å²) in [6, 6.07) is 5.71. The Morgan fingerprint density at radius 2 is 2.17 bits per heavy atom. The second-order valence-electron chi connectivity index (χ2n) is 4.51. The number of halogens is 1. The molecule has 1 aliphatic heterocycles. The van der Waals surface area contributed by atoms with Gasteiger partial charge in [-0.25, -0.2) is 0 Å². The van der Waals surface area contributed by atoms with Crippen LogP contribution in [0.1, 0.15) is 22.3 Å². The summed E-state index contributed by atoms with van der Waals surface area (Å²) in [4.78, 5) is 24.9. The van der Waals surface area contributed by atoms with Gasteiger partial charge >= 0.3 is 5.97 Å². The van der Waals surface area contributed by atoms with E-state index in [9.17, 15) is 9.59 Å². The number of aliphatic carboxylic acids is 1. The average Bonchev–Trinajstić information content (AvgIpc) is 2.77. The quantitative estimate of drug-likeness (QED) is 0.824. The van der Waals surface area contributed by atoms with Crippen molar-refractivity contribution in [2.45, 2.75) is 13.3 Å². The summed E-state index contributed by atoms with van der Waals surface area (Å²) in [7, 11) is 0. The molecule has 18 heavy (non-hydrogen) atoms. The number of carboxylic acid groups (broad SMARTS) is 1. The lowest BCUT2D eigenvalue weighted by Gasteiger charge is -2.18. The van der Waals surface area contributed by atoms with Crippen molar-refractivity contribution in [2.75, 3.05) is 13.1 Å². The number of amides is 1. The third kappa shape index (κ3) is 2.50. The van der Waals surface area contributed by atoms with Gasteiger partial charge in [-0.3, -0.25) is 9.59 Å². The molecule has 0 aliphatic carbocycles. The Morgan fingerprint density at radius 3 is 2.72 bits per heavy atom. The van der Waals surface area contributed by atoms with Crippen LogP contribution in [0.25, 0.3) is 0 Å². The lowest BCUT2D eigenvalue weighted by Crippen LogP contribution is -2.31. The standard InChI is InChI=1S/C13H14INO3/c1-8-3-2-4-10(14)11(8)12(16)15-6-5-9(7-15)13(17)18/h2-4,9H,5-7H2,1H3,(H,17,18). The van der Waals surface area contributed by atoms with Gasteiger partial charge in [-0.15, -0.1) is 0 Å². The van der Waals surface area contributed by atoms with Crippen LogP contribution in [0.5, 0.6) is 0 Å². The van der Waals surface area contributed by atoms with Crippen molar-refractivity contribution in [1.82, 2.24) is 4.90 Å². The maximum Gasteiger partial charge on any atom is 0.308 e. The number of benzene rings is 1. The van der Waals surface area contributed by atoms with Crippen molar-refractivity contribution >= 4 is 34.5 Å². The van der Waals surface area contributed by atoms with Gasteiger partial charge in [0.2, 0.25) is 0 Å². The van der Waals surface area contributed by atoms with Gasteiger partial charge in [0.1, 0.15) is 0 Å². The van der Waals surface area contributed by atoms with Crippen LogP contribution in [0.3, 0.4) is 0 Å². The van der Waals surface area contributed by atoms with Crippen LogP contribution in [0.15, 0.2) is 18.2 Å². The molecule has 0 aromatic heterocycles. The van der Waals surface area contributed by atoms with E-state index < -0.39 is 11.9 Å². The summed E-state index contributed by atoms with van der Waals surface area (Å²) in [5.74, 6) is -1.29. The van der Waals surface area contributed by atoms with Crippen molar-refractivity contribution in [2.24, 2.45) is 5.92 Å². The van der Waals surface area contributed by atoms with E-state index in [4.69, 9.17) is 5.11 Å². The highest BCUT2D eigenvalue weighted by atomic mass is 127. The van der Waals surface area contributed by atoms with Gasteiger partial charge in [0, 0.05) is 16.7 Å². The van der Waals surface area contributed by atoms with E-state index in [0.29, 0.717) is 25.1 Å². The minimum absolute atomic E-state index is 0.0544. The fourth-order valence-electron chi connectivity index (χ4n) is 2.21. The number of hydrogen-bond donors (Lipinski definition) is 1. The maximum atomic E-state index is 12.4. The zero-order chi connectivity index (χ0) is 13.3. The first kappa shape index (κ1) is 13.3. The third-order valence-corrected chi connectivity index (χ3v) is 4.16. The Bertz CT molecular complexity index is 481. The summed E-state index contributed by atoms with van der Waals surface area (Å²) in [6.45, 7) is 2.75. The normalized spacial score (nSPS) is 19.0. The molecule has 0 radical (unpaired) electrons. The van der Waals surface area contributed by atoms with E-state index in [0.717, 1.165) is 9.13 Å². The van der Waals surface area contributed by atoms with Gasteiger partial charge in [0.25, 0.3) is 5.91 Å². The van der Waals surface area contributed by atoms with E-state index in [1.165, 1.54) is 0 Å². The van der Waals surface area contributed by atoms with Crippen molar-refractivity contribution in [3.63, 3.8) is 0 Å². The first-order valence-corrected chi connectivity index (χ1v) is 6.85. The summed E-state index contributed by atoms with van der Waals surface area (Å²) in [5.41, 5.74) is 1.63. The fourth-order valence-corrected chi connectivity index (χ4v) is 3.07. The number of likely N-dealkylation sites (tertiary alicyclic amines) is 1. The second kappa shape index (κ2) is 5.26. The van der Waals surface area contributed by atoms with Crippen LogP contribution in [0, 0.1) is 16.4 Å². The van der Waals surface area contributed by atoms with Crippen LogP contribution in [0.2, 0.25) is 0 Å². The minimum Gasteiger partial charge on any atom is -0.481 e. The molecule has 1 N–H and O–H groups in total. The van der Waals surface area contributed by atoms with Gasteiger partial charge in [-0.1, -0.05) is 12.1 Å². The van der Waals surface area contributed by atoms with Gasteiger partial charge < -0.3 is 10.0 Å². The molecule has 5 heteroatoms. The lowest BCUT2D eigenvalue weighted by atomic mass is 10.1. The average molecular weight is 359 g/mol. The largest absolute Gasteiger partial charge is 0.481 e. The molecule has 0 spiro atoms. The van der Waals surface area contributed by atoms with Crippen LogP contribution < -0.4 is 0 Å². The lowest BCUT2D eigenvalue weighted by molar-refractivity contribution is -0.141. The Balaban J connectivity index is 2.21. The predicted octanol–water partition coefficient (Wildman–Crippen LogP) is 2.15. The zero-order valence-electron chi connectivity index (χ0n) is 10.0. The number of carbonyl (C=O) groups excluding carboxylic acids is 1. The fraction of sp³-hybridized carbons (Fsp3) is 0.385. The molecule has 1 aromatic carbocycles. The SMILES string of the molecule is Cc1cccc(I)c1C(=O)N1CCC(C(=O)O)C1. The number of carbonyl (C=O) groups is 2. The molecule has 1 atom stereocenters. The number of carboxylic acids is 1. The van der Waals surface area contributed by atoms with Crippen LogP contribution in [0.4, 0.5) is 0 Å². The van der Waals surface area contributed by atoms with Gasteiger partial charge in [0.05, 0.1) is 11.5 Å². The Hall–Kier alpha value is -1.11. The molecule has 1 aliphatic rings. The molecular formula is C13H14INO3. The highest BCUT2D eigenvalue weighted by Crippen LogP contribution is 2.23. The molecule has 96 valence electrons. The first-order valence-electron chi connectivity index (χ1n) is 5.78. The molecule has 1 unspecified atom stereocenters. The molecule has 1 fully saturated rings. The van der Waals surface area contributed by atoms with Gasteiger partial charge in [-0.2, -0.15) is 0 Å². The van der Waals surface area contributed by atoms with E-state index >= 15 is 0 Å². The highest BCUT2D eigenvalue weighted by Gasteiger charge is 2.32. The van der Waals surface area contributed by atoms with Crippen molar-refractivity contribution in [1.29, 1.82) is 0 Å². The van der Waals surface area contributed by atoms with E-state index in [1.807, 2.05) is 25.1 Å². The number of rotatable bonds is 2. The molecule has 0 bridgehead atoms. The smallest absolute Gasteiger partial charge is 0.308 e. The maximum absolute atomic E-state index is 12.4. The predicted molar refractivity (Wildman–Crippen MR) is 75.5 cm³/mol. The third-order valence-electron chi connectivity index (χ3n) is 3.26. The molecule has 2 rings (SSSR count). The molecule has 4 nitrogen and oxygen atoms in total. The number of aryl methyl sites for hydroxylation is 1. The van der Waals surface area contributed by atoms with Crippen molar-refractivity contribution in [3.8, 4) is 0 Å². The topological polar surface area (TPSA) is 57.6 Å². The molecule has 1 heterocycles. The second-order valence-corrected chi connectivity index (χ2v) is 5.67. The molecule has 1 saturated heterocycles. The molecule has 1 aromatic rings. The van der Waals surface area contributed by atoms with Gasteiger partial charge in [0.15, 0.2) is 0 Å². The number of nitrogens with zero attached hydrogens (tertiary/aromatic N) is 1. The van der Waals surface area contributed by atoms with Crippen LogP contribution >= 0.6 is 22.6 Å².